The molecule has 0 saturated heterocycles. The second-order valence-electron chi connectivity index (χ2n) is 5.31. The average Bonchev–Trinajstić information content (AvgIpc) is 3.15. The van der Waals surface area contributed by atoms with Crippen LogP contribution in [0.25, 0.3) is 0 Å². The molecule has 0 radical (unpaired) electrons. The standard InChI is InChI=1S/C14H17ClN2O2/c15-10-3-4-12-9(5-10)6-13(19-12)14(18)17-7-11(16)8-1-2-8/h3-5,8,11,13H,1-2,6-7,16H2,(H,17,18). The highest BCUT2D eigenvalue weighted by Gasteiger charge is 2.32. The van der Waals surface area contributed by atoms with E-state index in [9.17, 15) is 4.79 Å². The van der Waals surface area contributed by atoms with Gasteiger partial charge in [0.1, 0.15) is 5.75 Å². The van der Waals surface area contributed by atoms with Crippen molar-refractivity contribution >= 4 is 17.5 Å². The maximum Gasteiger partial charge on any atom is 0.261 e. The van der Waals surface area contributed by atoms with Gasteiger partial charge in [0, 0.05) is 24.0 Å². The van der Waals surface area contributed by atoms with Crippen molar-refractivity contribution in [3.63, 3.8) is 0 Å². The van der Waals surface area contributed by atoms with Crippen molar-refractivity contribution in [1.29, 1.82) is 0 Å². The zero-order valence-electron chi connectivity index (χ0n) is 10.6. The Kier molecular flexibility index (Phi) is 3.37. The van der Waals surface area contributed by atoms with Gasteiger partial charge in [-0.15, -0.1) is 0 Å². The molecular formula is C14H17ClN2O2. The van der Waals surface area contributed by atoms with Gasteiger partial charge >= 0.3 is 0 Å². The minimum Gasteiger partial charge on any atom is -0.480 e. The van der Waals surface area contributed by atoms with E-state index < -0.39 is 6.10 Å². The molecule has 2 aliphatic rings. The molecule has 3 N–H and O–H groups in total. The zero-order chi connectivity index (χ0) is 13.4. The van der Waals surface area contributed by atoms with Crippen LogP contribution in [-0.4, -0.2) is 24.6 Å². The molecule has 19 heavy (non-hydrogen) atoms. The summed E-state index contributed by atoms with van der Waals surface area (Å²) < 4.78 is 5.62. The van der Waals surface area contributed by atoms with Crippen LogP contribution < -0.4 is 15.8 Å². The Morgan fingerprint density at radius 2 is 2.32 bits per heavy atom. The lowest BCUT2D eigenvalue weighted by Gasteiger charge is -2.14. The van der Waals surface area contributed by atoms with Crippen molar-refractivity contribution in [2.24, 2.45) is 11.7 Å². The van der Waals surface area contributed by atoms with Crippen LogP contribution in [0.1, 0.15) is 18.4 Å². The first-order chi connectivity index (χ1) is 9.13. The first kappa shape index (κ1) is 12.8. The van der Waals surface area contributed by atoms with E-state index >= 15 is 0 Å². The Bertz CT molecular complexity index is 502. The van der Waals surface area contributed by atoms with Crippen LogP contribution in [0, 0.1) is 5.92 Å². The van der Waals surface area contributed by atoms with Crippen molar-refractivity contribution < 1.29 is 9.53 Å². The van der Waals surface area contributed by atoms with Gasteiger partial charge in [-0.3, -0.25) is 4.79 Å². The van der Waals surface area contributed by atoms with Gasteiger partial charge in [-0.2, -0.15) is 0 Å². The van der Waals surface area contributed by atoms with E-state index in [-0.39, 0.29) is 11.9 Å². The number of halogens is 1. The third kappa shape index (κ3) is 2.85. The van der Waals surface area contributed by atoms with Crippen molar-refractivity contribution in [1.82, 2.24) is 5.32 Å². The number of carbonyl (C=O) groups excluding carboxylic acids is 1. The van der Waals surface area contributed by atoms with Crippen molar-refractivity contribution in [2.75, 3.05) is 6.54 Å². The zero-order valence-corrected chi connectivity index (χ0v) is 11.3. The molecule has 1 fully saturated rings. The van der Waals surface area contributed by atoms with E-state index in [2.05, 4.69) is 5.32 Å². The molecule has 1 aliphatic carbocycles. The molecule has 0 aromatic heterocycles. The van der Waals surface area contributed by atoms with Crippen LogP contribution in [0.15, 0.2) is 18.2 Å². The van der Waals surface area contributed by atoms with E-state index in [1.54, 1.807) is 12.1 Å². The molecule has 1 amide bonds. The highest BCUT2D eigenvalue weighted by Crippen LogP contribution is 2.32. The number of benzene rings is 1. The largest absolute Gasteiger partial charge is 0.480 e. The molecule has 2 unspecified atom stereocenters. The third-order valence-electron chi connectivity index (χ3n) is 3.73. The predicted octanol–water partition coefficient (Wildman–Crippen LogP) is 1.50. The average molecular weight is 281 g/mol. The van der Waals surface area contributed by atoms with E-state index in [1.165, 1.54) is 12.8 Å². The molecule has 0 spiro atoms. The Morgan fingerprint density at radius 1 is 1.53 bits per heavy atom. The first-order valence-corrected chi connectivity index (χ1v) is 6.99. The van der Waals surface area contributed by atoms with Gasteiger partial charge in [-0.05, 0) is 42.5 Å². The molecule has 2 atom stereocenters. The van der Waals surface area contributed by atoms with Crippen molar-refractivity contribution in [2.45, 2.75) is 31.4 Å². The number of hydrogen-bond donors (Lipinski definition) is 2. The monoisotopic (exact) mass is 280 g/mol. The molecule has 1 heterocycles. The minimum absolute atomic E-state index is 0.0715. The number of fused-ring (bicyclic) bond motifs is 1. The second kappa shape index (κ2) is 5.02. The molecule has 3 rings (SSSR count). The highest BCUT2D eigenvalue weighted by atomic mass is 35.5. The third-order valence-corrected chi connectivity index (χ3v) is 3.96. The molecule has 1 aromatic rings. The summed E-state index contributed by atoms with van der Waals surface area (Å²) in [6, 6.07) is 5.49. The first-order valence-electron chi connectivity index (χ1n) is 6.62. The molecule has 1 aromatic carbocycles. The van der Waals surface area contributed by atoms with Gasteiger partial charge in [0.2, 0.25) is 0 Å². The minimum atomic E-state index is -0.458. The van der Waals surface area contributed by atoms with Crippen molar-refractivity contribution in [3.05, 3.63) is 28.8 Å². The quantitative estimate of drug-likeness (QED) is 0.878. The van der Waals surface area contributed by atoms with Gasteiger partial charge < -0.3 is 15.8 Å². The molecule has 5 heteroatoms. The molecule has 1 aliphatic heterocycles. The highest BCUT2D eigenvalue weighted by molar-refractivity contribution is 6.30. The van der Waals surface area contributed by atoms with E-state index in [1.807, 2.05) is 6.07 Å². The van der Waals surface area contributed by atoms with E-state index in [4.69, 9.17) is 22.1 Å². The van der Waals surface area contributed by atoms with Crippen LogP contribution in [0.5, 0.6) is 5.75 Å². The molecule has 1 saturated carbocycles. The maximum atomic E-state index is 12.0. The molecule has 102 valence electrons. The van der Waals surface area contributed by atoms with Gasteiger partial charge in [0.05, 0.1) is 0 Å². The lowest BCUT2D eigenvalue weighted by molar-refractivity contribution is -0.127. The number of nitrogens with two attached hydrogens (primary N) is 1. The number of ether oxygens (including phenoxy) is 1. The number of rotatable bonds is 4. The van der Waals surface area contributed by atoms with Gasteiger partial charge in [0.25, 0.3) is 5.91 Å². The summed E-state index contributed by atoms with van der Waals surface area (Å²) in [5, 5.41) is 3.54. The fourth-order valence-electron chi connectivity index (χ4n) is 2.39. The smallest absolute Gasteiger partial charge is 0.261 e. The van der Waals surface area contributed by atoms with Crippen LogP contribution in [0.2, 0.25) is 5.02 Å². The topological polar surface area (TPSA) is 64.3 Å². The molecule has 0 bridgehead atoms. The predicted molar refractivity (Wildman–Crippen MR) is 73.3 cm³/mol. The summed E-state index contributed by atoms with van der Waals surface area (Å²) in [5.74, 6) is 1.24. The summed E-state index contributed by atoms with van der Waals surface area (Å²) in [6.07, 6.45) is 2.47. The summed E-state index contributed by atoms with van der Waals surface area (Å²) in [6.45, 7) is 0.528. The van der Waals surface area contributed by atoms with Crippen LogP contribution >= 0.6 is 11.6 Å². The summed E-state index contributed by atoms with van der Waals surface area (Å²) in [4.78, 5) is 12.0. The molecular weight excluding hydrogens is 264 g/mol. The number of carbonyl (C=O) groups is 1. The Balaban J connectivity index is 1.55. The summed E-state index contributed by atoms with van der Waals surface area (Å²) in [5.41, 5.74) is 6.94. The van der Waals surface area contributed by atoms with Gasteiger partial charge in [0.15, 0.2) is 6.10 Å². The normalized spacial score (nSPS) is 22.5. The van der Waals surface area contributed by atoms with Gasteiger partial charge in [-0.25, -0.2) is 0 Å². The summed E-state index contributed by atoms with van der Waals surface area (Å²) >= 11 is 5.92. The molecule has 4 nitrogen and oxygen atoms in total. The SMILES string of the molecule is NC(CNC(=O)C1Cc2cc(Cl)ccc2O1)C1CC1. The van der Waals surface area contributed by atoms with Crippen LogP contribution in [0.4, 0.5) is 0 Å². The van der Waals surface area contributed by atoms with E-state index in [0.717, 1.165) is 11.3 Å². The fourth-order valence-corrected chi connectivity index (χ4v) is 2.58. The number of hydrogen-bond acceptors (Lipinski definition) is 3. The summed E-state index contributed by atoms with van der Waals surface area (Å²) in [7, 11) is 0. The van der Waals surface area contributed by atoms with Crippen LogP contribution in [0.3, 0.4) is 0 Å². The lowest BCUT2D eigenvalue weighted by atomic mass is 10.1. The van der Waals surface area contributed by atoms with Crippen LogP contribution in [-0.2, 0) is 11.2 Å². The number of amides is 1. The Morgan fingerprint density at radius 3 is 3.05 bits per heavy atom. The Labute approximate surface area is 117 Å². The van der Waals surface area contributed by atoms with Gasteiger partial charge in [-0.1, -0.05) is 11.6 Å². The number of nitrogens with one attached hydrogen (secondary N) is 1. The fraction of sp³-hybridized carbons (Fsp3) is 0.500. The van der Waals surface area contributed by atoms with E-state index in [0.29, 0.717) is 23.9 Å². The van der Waals surface area contributed by atoms with Crippen molar-refractivity contribution in [3.8, 4) is 5.75 Å². The second-order valence-corrected chi connectivity index (χ2v) is 5.75. The lowest BCUT2D eigenvalue weighted by Crippen LogP contribution is -2.44. The maximum absolute atomic E-state index is 12.0. The Hall–Kier alpha value is -1.26.